The summed E-state index contributed by atoms with van der Waals surface area (Å²) in [4.78, 5) is 0. The van der Waals surface area contributed by atoms with Crippen LogP contribution in [0.15, 0.2) is 109 Å². The molecule has 0 bridgehead atoms. The predicted molar refractivity (Wildman–Crippen MR) is 131 cm³/mol. The molecular formula is C27H28Cl2Hf-2. The topological polar surface area (TPSA) is 0 Å². The first-order chi connectivity index (χ1) is 14.7. The van der Waals surface area contributed by atoms with E-state index < -0.39 is 18.6 Å². The molecule has 0 aromatic heterocycles. The van der Waals surface area contributed by atoms with Crippen LogP contribution in [0.25, 0.3) is 0 Å². The number of halogens is 2. The average molecular weight is 602 g/mol. The normalized spacial score (nSPS) is 9.60. The van der Waals surface area contributed by atoms with Crippen molar-refractivity contribution >= 4 is 20.4 Å². The largest absolute Gasteiger partial charge is 0.214 e. The van der Waals surface area contributed by atoms with Gasteiger partial charge in [0.2, 0.25) is 0 Å². The summed E-state index contributed by atoms with van der Waals surface area (Å²) >= 11 is -2.60. The Morgan fingerprint density at radius 1 is 0.667 bits per heavy atom. The van der Waals surface area contributed by atoms with Crippen molar-refractivity contribution in [1.29, 1.82) is 0 Å². The third-order valence-corrected chi connectivity index (χ3v) is 11.2. The summed E-state index contributed by atoms with van der Waals surface area (Å²) < 4.78 is 1.16. The molecule has 0 N–H and O–H groups in total. The first kappa shape index (κ1) is 24.7. The molecule has 4 aromatic rings. The zero-order chi connectivity index (χ0) is 21.6. The molecule has 0 spiro atoms. The molecule has 0 nitrogen and oxygen atoms in total. The van der Waals surface area contributed by atoms with Gasteiger partial charge in [0.25, 0.3) is 0 Å². The Balaban J connectivity index is 0.000000190. The van der Waals surface area contributed by atoms with Crippen LogP contribution in [0.1, 0.15) is 36.1 Å². The third kappa shape index (κ3) is 8.30. The van der Waals surface area contributed by atoms with E-state index in [9.17, 15) is 0 Å². The maximum Gasteiger partial charge on any atom is -0.172 e. The summed E-state index contributed by atoms with van der Waals surface area (Å²) in [6.07, 6.45) is 2.35. The summed E-state index contributed by atoms with van der Waals surface area (Å²) in [6, 6.07) is 36.9. The maximum absolute atomic E-state index is 6.25. The smallest absolute Gasteiger partial charge is 0.172 e. The molecule has 0 aliphatic heterocycles. The Hall–Kier alpha value is -1.54. The molecule has 0 aliphatic carbocycles. The number of hydrogen-bond acceptors (Lipinski definition) is 0. The molecule has 0 fully saturated rings. The van der Waals surface area contributed by atoms with Crippen molar-refractivity contribution in [2.45, 2.75) is 26.7 Å². The molecule has 156 valence electrons. The van der Waals surface area contributed by atoms with Crippen LogP contribution in [0, 0.1) is 0 Å². The second kappa shape index (κ2) is 14.5. The Bertz CT molecular complexity index is 887. The van der Waals surface area contributed by atoms with Crippen LogP contribution in [0.5, 0.6) is 0 Å². The van der Waals surface area contributed by atoms with E-state index in [1.54, 1.807) is 0 Å². The second-order valence-electron chi connectivity index (χ2n) is 6.61. The van der Waals surface area contributed by atoms with Crippen molar-refractivity contribution in [1.82, 2.24) is 0 Å². The van der Waals surface area contributed by atoms with E-state index in [-0.39, 0.29) is 0 Å². The van der Waals surface area contributed by atoms with Crippen LogP contribution >= 0.6 is 17.2 Å². The second-order valence-corrected chi connectivity index (χ2v) is 18.1. The van der Waals surface area contributed by atoms with E-state index in [4.69, 9.17) is 17.2 Å². The van der Waals surface area contributed by atoms with E-state index in [2.05, 4.69) is 56.3 Å². The molecule has 0 saturated heterocycles. The van der Waals surface area contributed by atoms with Crippen LogP contribution in [-0.2, 0) is 31.4 Å². The van der Waals surface area contributed by atoms with Crippen molar-refractivity contribution in [3.05, 3.63) is 131 Å². The zero-order valence-corrected chi connectivity index (χ0v) is 22.7. The molecule has 0 atom stereocenters. The van der Waals surface area contributed by atoms with Gasteiger partial charge in [0.05, 0.1) is 0 Å². The predicted octanol–water partition coefficient (Wildman–Crippen LogP) is 8.12. The summed E-state index contributed by atoms with van der Waals surface area (Å²) in [6.45, 7) is 4.41. The quantitative estimate of drug-likeness (QED) is 0.164. The van der Waals surface area contributed by atoms with Crippen molar-refractivity contribution in [3.8, 4) is 0 Å². The van der Waals surface area contributed by atoms with Gasteiger partial charge in [-0.05, 0) is 0 Å². The van der Waals surface area contributed by atoms with Crippen LogP contribution in [0.3, 0.4) is 0 Å². The molecule has 0 saturated carbocycles. The number of benzene rings is 2. The number of hydrogen-bond donors (Lipinski definition) is 0. The van der Waals surface area contributed by atoms with Gasteiger partial charge in [0.1, 0.15) is 0 Å². The van der Waals surface area contributed by atoms with Crippen molar-refractivity contribution in [2.75, 3.05) is 0 Å². The fourth-order valence-electron chi connectivity index (χ4n) is 3.10. The van der Waals surface area contributed by atoms with Crippen LogP contribution < -0.4 is 0 Å². The standard InChI is InChI=1S/C13H10.C9H13.C5H5.2ClH.Hf/c1-3-7-12(8-4-1)11-13-9-5-2-6-10-13;1-3-8-6-5-7-9(8)4-2;1-2-4-5-3-1;;;/h1-10H;5-7H,3-4H2,1-2H3;1-5H;2*1H;/q;2*-1;;;+2/p-2. The molecule has 4 rings (SSSR count). The third-order valence-electron chi connectivity index (χ3n) is 4.64. The van der Waals surface area contributed by atoms with Gasteiger partial charge in [-0.15, -0.1) is 0 Å². The van der Waals surface area contributed by atoms with Crippen molar-refractivity contribution < 1.29 is 18.6 Å². The molecule has 4 aromatic carbocycles. The molecule has 0 amide bonds. The monoisotopic (exact) mass is 602 g/mol. The van der Waals surface area contributed by atoms with Crippen LogP contribution in [0.2, 0.25) is 0 Å². The van der Waals surface area contributed by atoms with E-state index in [1.807, 2.05) is 66.7 Å². The van der Waals surface area contributed by atoms with Gasteiger partial charge >= 0.3 is 111 Å². The van der Waals surface area contributed by atoms with Crippen LogP contribution in [0.4, 0.5) is 0 Å². The van der Waals surface area contributed by atoms with Gasteiger partial charge in [0.15, 0.2) is 0 Å². The minimum Gasteiger partial charge on any atom is -0.214 e. The van der Waals surface area contributed by atoms with Gasteiger partial charge in [-0.3, -0.25) is 0 Å². The maximum atomic E-state index is 6.25. The Morgan fingerprint density at radius 3 is 1.40 bits per heavy atom. The first-order valence-corrected chi connectivity index (χ1v) is 20.9. The average Bonchev–Trinajstić information content (AvgIpc) is 3.50. The summed E-state index contributed by atoms with van der Waals surface area (Å²) in [5.41, 5.74) is 5.33. The Morgan fingerprint density at radius 2 is 1.10 bits per heavy atom. The molecule has 0 radical (unpaired) electrons. The van der Waals surface area contributed by atoms with Gasteiger partial charge in [-0.1, -0.05) is 26.7 Å². The van der Waals surface area contributed by atoms with Gasteiger partial charge in [-0.2, -0.15) is 47.5 Å². The fourth-order valence-corrected chi connectivity index (χ4v) is 9.44. The minimum absolute atomic E-state index is 1.15. The van der Waals surface area contributed by atoms with E-state index in [1.165, 1.54) is 24.0 Å². The minimum atomic E-state index is -2.60. The molecular weight excluding hydrogens is 574 g/mol. The zero-order valence-electron chi connectivity index (χ0n) is 17.6. The van der Waals surface area contributed by atoms with E-state index in [0.29, 0.717) is 0 Å². The molecule has 0 aliphatic rings. The summed E-state index contributed by atoms with van der Waals surface area (Å²) in [7, 11) is 12.5. The van der Waals surface area contributed by atoms with Crippen molar-refractivity contribution in [3.63, 3.8) is 0 Å². The molecule has 3 heteroatoms. The fraction of sp³-hybridized carbons (Fsp3) is 0.148. The number of aryl methyl sites for hydroxylation is 2. The van der Waals surface area contributed by atoms with E-state index >= 15 is 0 Å². The van der Waals surface area contributed by atoms with Crippen molar-refractivity contribution in [2.24, 2.45) is 0 Å². The van der Waals surface area contributed by atoms with Crippen LogP contribution in [-0.4, -0.2) is 3.26 Å². The molecule has 30 heavy (non-hydrogen) atoms. The van der Waals surface area contributed by atoms with Gasteiger partial charge in [-0.25, -0.2) is 12.1 Å². The number of rotatable bonds is 4. The van der Waals surface area contributed by atoms with Gasteiger partial charge < -0.3 is 0 Å². The first-order valence-electron chi connectivity index (χ1n) is 10.2. The molecule has 0 heterocycles. The SMILES string of the molecule is CCc1c[cH-]cc1CC.[Cl][Hf]([Cl])=[C](c1ccccc1)c1ccccc1.c1cc[cH-]c1. The Kier molecular flexibility index (Phi) is 11.9. The Labute approximate surface area is 196 Å². The van der Waals surface area contributed by atoms with E-state index in [0.717, 1.165) is 14.4 Å². The summed E-state index contributed by atoms with van der Waals surface area (Å²) in [5, 5.41) is 0. The van der Waals surface area contributed by atoms with Gasteiger partial charge in [0, 0.05) is 0 Å². The molecule has 0 unspecified atom stereocenters. The summed E-state index contributed by atoms with van der Waals surface area (Å²) in [5.74, 6) is 0.